The summed E-state index contributed by atoms with van der Waals surface area (Å²) in [5.74, 6) is -1.65. The van der Waals surface area contributed by atoms with Crippen LogP contribution >= 0.6 is 0 Å². The molecule has 10 N–H and O–H groups in total. The van der Waals surface area contributed by atoms with Crippen LogP contribution < -0.4 is 9.47 Å². The lowest BCUT2D eigenvalue weighted by Gasteiger charge is -2.39. The fourth-order valence-electron chi connectivity index (χ4n) is 5.70. The molecule has 1 aromatic heterocycles. The fourth-order valence-corrected chi connectivity index (χ4v) is 5.70. The fraction of sp³-hybridized carbons (Fsp3) is 0.333. The molecule has 282 valence electrons. The molecule has 17 nitrogen and oxygen atoms in total. The van der Waals surface area contributed by atoms with E-state index >= 15 is 0 Å². The zero-order chi connectivity index (χ0) is 38.0. The number of hydrogen-bond donors (Lipinski definition) is 10. The van der Waals surface area contributed by atoms with Gasteiger partial charge in [0, 0.05) is 18.2 Å². The number of phenolic OH excluding ortho intramolecular Hbond substituents is 3. The van der Waals surface area contributed by atoms with Crippen LogP contribution in [0.1, 0.15) is 5.56 Å². The zero-order valence-electron chi connectivity index (χ0n) is 27.5. The van der Waals surface area contributed by atoms with Crippen molar-refractivity contribution in [2.45, 2.75) is 61.4 Å². The van der Waals surface area contributed by atoms with Crippen molar-refractivity contribution in [3.8, 4) is 40.1 Å². The molecule has 0 radical (unpaired) electrons. The molecule has 3 heterocycles. The number of hydrogen-bond acceptors (Lipinski definition) is 16. The molecule has 0 unspecified atom stereocenters. The smallest absolute Gasteiger partial charge is 0.402 e. The van der Waals surface area contributed by atoms with Crippen molar-refractivity contribution in [2.24, 2.45) is 0 Å². The Morgan fingerprint density at radius 3 is 1.87 bits per heavy atom. The Labute approximate surface area is 299 Å². The van der Waals surface area contributed by atoms with Crippen molar-refractivity contribution in [3.63, 3.8) is 0 Å². The van der Waals surface area contributed by atoms with Gasteiger partial charge in [0.15, 0.2) is 0 Å². The van der Waals surface area contributed by atoms with Crippen LogP contribution in [0.3, 0.4) is 0 Å². The Hall–Kier alpha value is -5.08. The number of aromatic hydroxyl groups is 3. The van der Waals surface area contributed by atoms with Crippen LogP contribution in [0.25, 0.3) is 28.4 Å². The van der Waals surface area contributed by atoms with E-state index in [1.165, 1.54) is 54.6 Å². The van der Waals surface area contributed by atoms with E-state index in [0.717, 1.165) is 12.1 Å². The standard InChI is InChI=1S/C36H36O17/c37-14-25-28(42)30(44)32(46)35(52-25)50-23-12-20(40)11-22-21(23)13-24(34(49-22)17-4-8-19(39)9-5-17)51-36-33(47)31(45)29(43)26(53-36)15-48-27(41)10-3-16-1-6-18(38)7-2-16/h1-13,25-26,28-33,35-37,42-47H,14-15H2,(H2-,38,39,40,41)/p+1/t25-,26-,28-,29-,30+,31+,32-,33-,35-,36-/m1/s1. The monoisotopic (exact) mass is 741 g/mol. The molecule has 0 aliphatic carbocycles. The predicted octanol–water partition coefficient (Wildman–Crippen LogP) is 0.119. The number of benzene rings is 3. The molecule has 6 rings (SSSR count). The quantitative estimate of drug-likeness (QED) is 0.0587. The Morgan fingerprint density at radius 2 is 1.25 bits per heavy atom. The molecule has 0 spiro atoms. The first kappa shape index (κ1) is 37.7. The summed E-state index contributed by atoms with van der Waals surface area (Å²) in [6.45, 7) is -1.30. The lowest BCUT2D eigenvalue weighted by atomic mass is 9.99. The molecule has 0 saturated carbocycles. The van der Waals surface area contributed by atoms with Crippen LogP contribution in [0, 0.1) is 0 Å². The summed E-state index contributed by atoms with van der Waals surface area (Å²) >= 11 is 0. The Bertz CT molecular complexity index is 1910. The Kier molecular flexibility index (Phi) is 11.3. The summed E-state index contributed by atoms with van der Waals surface area (Å²) in [6.07, 6.45) is -14.2. The van der Waals surface area contributed by atoms with E-state index in [1.54, 1.807) is 12.1 Å². The molecule has 2 aliphatic heterocycles. The van der Waals surface area contributed by atoms with E-state index in [9.17, 15) is 55.9 Å². The minimum absolute atomic E-state index is 0.0225. The van der Waals surface area contributed by atoms with E-state index in [0.29, 0.717) is 11.1 Å². The second-order valence-corrected chi connectivity index (χ2v) is 12.3. The van der Waals surface area contributed by atoms with Crippen molar-refractivity contribution in [3.05, 3.63) is 78.4 Å². The van der Waals surface area contributed by atoms with E-state index in [1.807, 2.05) is 0 Å². The van der Waals surface area contributed by atoms with Gasteiger partial charge in [0.05, 0.1) is 18.2 Å². The van der Waals surface area contributed by atoms with Crippen molar-refractivity contribution >= 4 is 23.0 Å². The van der Waals surface area contributed by atoms with Crippen molar-refractivity contribution < 1.29 is 84.0 Å². The second kappa shape index (κ2) is 15.9. The molecular formula is C36H37O17+. The van der Waals surface area contributed by atoms with Gasteiger partial charge in [-0.15, -0.1) is 0 Å². The number of aliphatic hydroxyl groups is 7. The second-order valence-electron chi connectivity index (χ2n) is 12.3. The van der Waals surface area contributed by atoms with Gasteiger partial charge in [-0.25, -0.2) is 9.21 Å². The molecule has 2 saturated heterocycles. The summed E-state index contributed by atoms with van der Waals surface area (Å²) in [5.41, 5.74) is 0.879. The highest BCUT2D eigenvalue weighted by Gasteiger charge is 2.47. The van der Waals surface area contributed by atoms with E-state index < -0.39 is 80.6 Å². The summed E-state index contributed by atoms with van der Waals surface area (Å²) < 4.78 is 34.4. The molecule has 0 bridgehead atoms. The van der Waals surface area contributed by atoms with Crippen LogP contribution in [0.2, 0.25) is 0 Å². The minimum atomic E-state index is -1.86. The minimum Gasteiger partial charge on any atom is -0.508 e. The van der Waals surface area contributed by atoms with Crippen LogP contribution in [0.15, 0.2) is 77.2 Å². The number of phenols is 3. The topological polar surface area (TPSA) is 277 Å². The number of carbonyl (C=O) groups excluding carboxylic acids is 1. The van der Waals surface area contributed by atoms with E-state index in [2.05, 4.69) is 0 Å². The van der Waals surface area contributed by atoms with Crippen LogP contribution in [-0.2, 0) is 19.0 Å². The highest BCUT2D eigenvalue weighted by Crippen LogP contribution is 2.42. The van der Waals surface area contributed by atoms with Gasteiger partial charge in [0.25, 0.3) is 0 Å². The molecule has 53 heavy (non-hydrogen) atoms. The van der Waals surface area contributed by atoms with Crippen molar-refractivity contribution in [1.82, 2.24) is 0 Å². The molecule has 3 aromatic carbocycles. The maximum atomic E-state index is 12.4. The van der Waals surface area contributed by atoms with Gasteiger partial charge in [0.2, 0.25) is 18.3 Å². The van der Waals surface area contributed by atoms with Crippen molar-refractivity contribution in [1.29, 1.82) is 0 Å². The number of carbonyl (C=O) groups is 1. The Balaban J connectivity index is 1.30. The van der Waals surface area contributed by atoms with E-state index in [4.69, 9.17) is 28.1 Å². The molecule has 17 heteroatoms. The highest BCUT2D eigenvalue weighted by atomic mass is 16.7. The SMILES string of the molecule is O=C(/C=C/c1ccc(O)cc1)OC[C@H]1O[C@@H](Oc2cc3c(O[C@@H]4O[C@H](CO)[C@@H](O)[C@H](O)[C@H]4O)cc(O)cc3[o+]c2-c2ccc(O)cc2)[C@H](O)[C@@H](O)[C@@H]1O. The van der Waals surface area contributed by atoms with Gasteiger partial charge in [-0.2, -0.15) is 0 Å². The highest BCUT2D eigenvalue weighted by molar-refractivity contribution is 5.89. The summed E-state index contributed by atoms with van der Waals surface area (Å²) in [6, 6.07) is 15.3. The third-order valence-electron chi connectivity index (χ3n) is 8.63. The van der Waals surface area contributed by atoms with Crippen LogP contribution in [-0.4, -0.2) is 132 Å². The van der Waals surface area contributed by atoms with Gasteiger partial charge < -0.3 is 74.7 Å². The summed E-state index contributed by atoms with van der Waals surface area (Å²) in [7, 11) is 0. The maximum Gasteiger partial charge on any atom is 0.402 e. The molecule has 2 fully saturated rings. The lowest BCUT2D eigenvalue weighted by Crippen LogP contribution is -2.60. The third-order valence-corrected chi connectivity index (χ3v) is 8.63. The number of rotatable bonds is 10. The molecule has 4 aromatic rings. The number of aliphatic hydroxyl groups excluding tert-OH is 7. The molecular weight excluding hydrogens is 704 g/mol. The van der Waals surface area contributed by atoms with Crippen molar-refractivity contribution in [2.75, 3.05) is 13.2 Å². The maximum absolute atomic E-state index is 12.4. The number of fused-ring (bicyclic) bond motifs is 1. The Morgan fingerprint density at radius 1 is 0.679 bits per heavy atom. The van der Waals surface area contributed by atoms with Gasteiger partial charge in [-0.05, 0) is 48.0 Å². The summed E-state index contributed by atoms with van der Waals surface area (Å²) in [4.78, 5) is 12.4. The summed E-state index contributed by atoms with van der Waals surface area (Å²) in [5, 5.41) is 103. The number of esters is 1. The van der Waals surface area contributed by atoms with Gasteiger partial charge in [-0.1, -0.05) is 12.1 Å². The molecule has 10 atom stereocenters. The van der Waals surface area contributed by atoms with Gasteiger partial charge >= 0.3 is 17.3 Å². The predicted molar refractivity (Wildman–Crippen MR) is 179 cm³/mol. The van der Waals surface area contributed by atoms with Gasteiger partial charge in [-0.3, -0.25) is 0 Å². The lowest BCUT2D eigenvalue weighted by molar-refractivity contribution is -0.278. The molecule has 0 amide bonds. The largest absolute Gasteiger partial charge is 0.508 e. The van der Waals surface area contributed by atoms with E-state index in [-0.39, 0.29) is 45.5 Å². The normalized spacial score (nSPS) is 28.9. The van der Waals surface area contributed by atoms with Crippen LogP contribution in [0.5, 0.6) is 28.7 Å². The first-order valence-electron chi connectivity index (χ1n) is 16.2. The molecule has 2 aliphatic rings. The number of ether oxygens (including phenoxy) is 5. The first-order valence-corrected chi connectivity index (χ1v) is 16.2. The zero-order valence-corrected chi connectivity index (χ0v) is 27.5. The first-order chi connectivity index (χ1) is 25.3. The van der Waals surface area contributed by atoms with Crippen LogP contribution in [0.4, 0.5) is 0 Å². The average Bonchev–Trinajstić information content (AvgIpc) is 3.14. The van der Waals surface area contributed by atoms with Gasteiger partial charge in [0.1, 0.15) is 83.8 Å². The average molecular weight is 742 g/mol. The third kappa shape index (κ3) is 8.28.